The Morgan fingerprint density at radius 3 is 2.52 bits per heavy atom. The molecule has 0 atom stereocenters. The van der Waals surface area contributed by atoms with E-state index in [2.05, 4.69) is 25.6 Å². The van der Waals surface area contributed by atoms with E-state index in [4.69, 9.17) is 9.47 Å². The summed E-state index contributed by atoms with van der Waals surface area (Å²) in [6, 6.07) is 10.9. The van der Waals surface area contributed by atoms with Crippen molar-refractivity contribution >= 4 is 17.5 Å². The monoisotopic (exact) mass is 365 g/mol. The van der Waals surface area contributed by atoms with E-state index in [9.17, 15) is 4.79 Å². The van der Waals surface area contributed by atoms with Crippen molar-refractivity contribution in [3.05, 3.63) is 66.2 Å². The third-order valence-electron chi connectivity index (χ3n) is 3.72. The Labute approximate surface area is 156 Å². The Balaban J connectivity index is 1.66. The van der Waals surface area contributed by atoms with Gasteiger partial charge in [-0.2, -0.15) is 0 Å². The molecule has 8 nitrogen and oxygen atoms in total. The summed E-state index contributed by atoms with van der Waals surface area (Å²) in [5.74, 6) is 1.36. The number of hydrogen-bond acceptors (Lipinski definition) is 7. The first-order valence-electron chi connectivity index (χ1n) is 8.19. The van der Waals surface area contributed by atoms with Gasteiger partial charge in [-0.25, -0.2) is 9.97 Å². The number of amides is 1. The fourth-order valence-corrected chi connectivity index (χ4v) is 2.32. The SMILES string of the molecule is COc1ccc(OC)c(Nc2ncc(C(=O)NCc3ccccn3)cn2)c1. The third-order valence-corrected chi connectivity index (χ3v) is 3.72. The highest BCUT2D eigenvalue weighted by Crippen LogP contribution is 2.30. The number of benzene rings is 1. The molecule has 0 bridgehead atoms. The van der Waals surface area contributed by atoms with Gasteiger partial charge in [0.1, 0.15) is 11.5 Å². The molecule has 3 aromatic rings. The van der Waals surface area contributed by atoms with Crippen LogP contribution >= 0.6 is 0 Å². The van der Waals surface area contributed by atoms with E-state index in [-0.39, 0.29) is 5.91 Å². The van der Waals surface area contributed by atoms with Gasteiger partial charge < -0.3 is 20.1 Å². The molecular formula is C19H19N5O3. The molecule has 8 heteroatoms. The lowest BCUT2D eigenvalue weighted by atomic mass is 10.2. The molecule has 0 spiro atoms. The minimum absolute atomic E-state index is 0.272. The molecule has 0 saturated heterocycles. The molecule has 138 valence electrons. The van der Waals surface area contributed by atoms with Crippen molar-refractivity contribution in [3.63, 3.8) is 0 Å². The van der Waals surface area contributed by atoms with E-state index in [1.807, 2.05) is 18.2 Å². The zero-order chi connectivity index (χ0) is 19.1. The Hall–Kier alpha value is -3.68. The van der Waals surface area contributed by atoms with E-state index in [0.717, 1.165) is 5.69 Å². The molecule has 1 amide bonds. The first kappa shape index (κ1) is 18.1. The van der Waals surface area contributed by atoms with Crippen molar-refractivity contribution in [1.29, 1.82) is 0 Å². The summed E-state index contributed by atoms with van der Waals surface area (Å²) >= 11 is 0. The molecule has 0 aliphatic carbocycles. The summed E-state index contributed by atoms with van der Waals surface area (Å²) in [6.07, 6.45) is 4.59. The van der Waals surface area contributed by atoms with Gasteiger partial charge in [0.2, 0.25) is 5.95 Å². The van der Waals surface area contributed by atoms with E-state index in [0.29, 0.717) is 35.2 Å². The van der Waals surface area contributed by atoms with Crippen LogP contribution < -0.4 is 20.1 Å². The molecule has 0 fully saturated rings. The lowest BCUT2D eigenvalue weighted by Crippen LogP contribution is -2.23. The highest BCUT2D eigenvalue weighted by atomic mass is 16.5. The molecule has 1 aromatic carbocycles. The standard InChI is InChI=1S/C19H19N5O3/c1-26-15-6-7-17(27-2)16(9-15)24-19-22-10-13(11-23-19)18(25)21-12-14-5-3-4-8-20-14/h3-11H,12H2,1-2H3,(H,21,25)(H,22,23,24). The van der Waals surface area contributed by atoms with Gasteiger partial charge in [-0.05, 0) is 24.3 Å². The summed E-state index contributed by atoms with van der Waals surface area (Å²) in [4.78, 5) is 24.7. The summed E-state index contributed by atoms with van der Waals surface area (Å²) in [5, 5.41) is 5.83. The van der Waals surface area contributed by atoms with Crippen LogP contribution in [-0.2, 0) is 6.54 Å². The van der Waals surface area contributed by atoms with Crippen molar-refractivity contribution in [2.45, 2.75) is 6.54 Å². The maximum atomic E-state index is 12.2. The van der Waals surface area contributed by atoms with Gasteiger partial charge in [-0.1, -0.05) is 6.07 Å². The molecule has 0 aliphatic rings. The molecular weight excluding hydrogens is 346 g/mol. The summed E-state index contributed by atoms with van der Waals surface area (Å²) < 4.78 is 10.5. The Kier molecular flexibility index (Phi) is 5.78. The van der Waals surface area contributed by atoms with Crippen LogP contribution in [0.15, 0.2) is 55.0 Å². The number of hydrogen-bond donors (Lipinski definition) is 2. The molecule has 27 heavy (non-hydrogen) atoms. The van der Waals surface area contributed by atoms with Gasteiger partial charge >= 0.3 is 0 Å². The Morgan fingerprint density at radius 1 is 1.04 bits per heavy atom. The van der Waals surface area contributed by atoms with Crippen LogP contribution in [0.1, 0.15) is 16.1 Å². The van der Waals surface area contributed by atoms with Crippen molar-refractivity contribution < 1.29 is 14.3 Å². The van der Waals surface area contributed by atoms with E-state index in [1.165, 1.54) is 12.4 Å². The van der Waals surface area contributed by atoms with Crippen molar-refractivity contribution in [2.24, 2.45) is 0 Å². The highest BCUT2D eigenvalue weighted by Gasteiger charge is 2.10. The van der Waals surface area contributed by atoms with Crippen molar-refractivity contribution in [2.75, 3.05) is 19.5 Å². The van der Waals surface area contributed by atoms with Gasteiger partial charge in [0, 0.05) is 24.7 Å². The number of pyridine rings is 1. The molecule has 0 radical (unpaired) electrons. The van der Waals surface area contributed by atoms with Crippen LogP contribution in [0.4, 0.5) is 11.6 Å². The first-order chi connectivity index (χ1) is 13.2. The van der Waals surface area contributed by atoms with Gasteiger partial charge in [0.15, 0.2) is 0 Å². The summed E-state index contributed by atoms with van der Waals surface area (Å²) in [7, 11) is 3.16. The number of methoxy groups -OCH3 is 2. The number of anilines is 2. The minimum atomic E-state index is -0.272. The van der Waals surface area contributed by atoms with Gasteiger partial charge in [-0.15, -0.1) is 0 Å². The maximum absolute atomic E-state index is 12.2. The minimum Gasteiger partial charge on any atom is -0.497 e. The maximum Gasteiger partial charge on any atom is 0.254 e. The molecule has 2 N–H and O–H groups in total. The number of rotatable bonds is 7. The second-order valence-electron chi connectivity index (χ2n) is 5.49. The number of carbonyl (C=O) groups excluding carboxylic acids is 1. The first-order valence-corrected chi connectivity index (χ1v) is 8.19. The Morgan fingerprint density at radius 2 is 1.85 bits per heavy atom. The fraction of sp³-hybridized carbons (Fsp3) is 0.158. The van der Waals surface area contributed by atoms with Crippen LogP contribution in [-0.4, -0.2) is 35.1 Å². The lowest BCUT2D eigenvalue weighted by Gasteiger charge is -2.11. The molecule has 2 heterocycles. The normalized spacial score (nSPS) is 10.1. The second-order valence-corrected chi connectivity index (χ2v) is 5.49. The van der Waals surface area contributed by atoms with Crippen LogP contribution in [0.25, 0.3) is 0 Å². The second kappa shape index (κ2) is 8.61. The van der Waals surface area contributed by atoms with E-state index < -0.39 is 0 Å². The quantitative estimate of drug-likeness (QED) is 0.664. The van der Waals surface area contributed by atoms with Crippen LogP contribution in [0.3, 0.4) is 0 Å². The average molecular weight is 365 g/mol. The van der Waals surface area contributed by atoms with E-state index in [1.54, 1.807) is 38.6 Å². The van der Waals surface area contributed by atoms with Crippen molar-refractivity contribution in [3.8, 4) is 11.5 Å². The fourth-order valence-electron chi connectivity index (χ4n) is 2.32. The summed E-state index contributed by atoms with van der Waals surface area (Å²) in [5.41, 5.74) is 1.79. The number of carbonyl (C=O) groups is 1. The molecule has 0 aliphatic heterocycles. The number of nitrogens with zero attached hydrogens (tertiary/aromatic N) is 3. The van der Waals surface area contributed by atoms with Gasteiger partial charge in [0.05, 0.1) is 37.7 Å². The molecule has 0 unspecified atom stereocenters. The topological polar surface area (TPSA) is 98.3 Å². The Bertz CT molecular complexity index is 901. The predicted octanol–water partition coefficient (Wildman–Crippen LogP) is 2.56. The molecule has 3 rings (SSSR count). The number of nitrogens with one attached hydrogen (secondary N) is 2. The average Bonchev–Trinajstić information content (AvgIpc) is 2.73. The molecule has 0 saturated carbocycles. The van der Waals surface area contributed by atoms with E-state index >= 15 is 0 Å². The zero-order valence-corrected chi connectivity index (χ0v) is 15.0. The highest BCUT2D eigenvalue weighted by molar-refractivity contribution is 5.93. The van der Waals surface area contributed by atoms with Crippen LogP contribution in [0.2, 0.25) is 0 Å². The third kappa shape index (κ3) is 4.69. The van der Waals surface area contributed by atoms with Crippen LogP contribution in [0.5, 0.6) is 11.5 Å². The summed E-state index contributed by atoms with van der Waals surface area (Å²) in [6.45, 7) is 0.334. The number of ether oxygens (including phenoxy) is 2. The van der Waals surface area contributed by atoms with Crippen LogP contribution in [0, 0.1) is 0 Å². The van der Waals surface area contributed by atoms with Crippen molar-refractivity contribution in [1.82, 2.24) is 20.3 Å². The number of aromatic nitrogens is 3. The largest absolute Gasteiger partial charge is 0.497 e. The van der Waals surface area contributed by atoms with Gasteiger partial charge in [0.25, 0.3) is 5.91 Å². The molecule has 2 aromatic heterocycles. The smallest absolute Gasteiger partial charge is 0.254 e. The zero-order valence-electron chi connectivity index (χ0n) is 15.0. The predicted molar refractivity (Wildman–Crippen MR) is 100 cm³/mol. The lowest BCUT2D eigenvalue weighted by molar-refractivity contribution is 0.0949. The van der Waals surface area contributed by atoms with Gasteiger partial charge in [-0.3, -0.25) is 9.78 Å².